The van der Waals surface area contributed by atoms with Gasteiger partial charge in [-0.05, 0) is 59.7 Å². The molecule has 0 saturated heterocycles. The zero-order valence-electron chi connectivity index (χ0n) is 29.9. The fourth-order valence-corrected chi connectivity index (χ4v) is 5.10. The van der Waals surface area contributed by atoms with E-state index < -0.39 is 9.85 Å². The number of non-ortho nitro benzene ring substituents is 2. The lowest BCUT2D eigenvalue weighted by Crippen LogP contribution is -2.01. The quantitative estimate of drug-likeness (QED) is 0.0381. The van der Waals surface area contributed by atoms with Crippen molar-refractivity contribution in [1.82, 2.24) is 0 Å². The summed E-state index contributed by atoms with van der Waals surface area (Å²) in [5, 5.41) is 48.6. The number of nitrogens with zero attached hydrogens (tertiary/aromatic N) is 8. The highest BCUT2D eigenvalue weighted by atomic mass is 16.6. The third kappa shape index (κ3) is 9.64. The Kier molecular flexibility index (Phi) is 12.1. The Hall–Kier alpha value is -8.14. The molecule has 0 aliphatic rings. The summed E-state index contributed by atoms with van der Waals surface area (Å²) < 4.78 is 11.4. The number of benzene rings is 6. The third-order valence-electron chi connectivity index (χ3n) is 8.00. The zero-order chi connectivity index (χ0) is 39.3. The average molecular weight is 749 g/mol. The first-order chi connectivity index (χ1) is 27.3. The lowest BCUT2D eigenvalue weighted by molar-refractivity contribution is -0.385. The molecule has 16 heteroatoms. The Labute approximate surface area is 319 Å². The lowest BCUT2D eigenvalue weighted by Gasteiger charge is -2.10. The fourth-order valence-electron chi connectivity index (χ4n) is 5.10. The van der Waals surface area contributed by atoms with Gasteiger partial charge in [0.1, 0.15) is 22.9 Å². The third-order valence-corrected chi connectivity index (χ3v) is 8.00. The van der Waals surface area contributed by atoms with Crippen LogP contribution in [0.4, 0.5) is 34.1 Å². The highest BCUT2D eigenvalue weighted by Crippen LogP contribution is 2.37. The van der Waals surface area contributed by atoms with E-state index in [2.05, 4.69) is 41.5 Å². The molecule has 0 bridgehead atoms. The van der Waals surface area contributed by atoms with Gasteiger partial charge in [-0.2, -0.15) is 10.2 Å². The first-order valence-electron chi connectivity index (χ1n) is 16.8. The molecule has 0 atom stereocenters. The Morgan fingerprint density at radius 1 is 0.518 bits per heavy atom. The Morgan fingerprint density at radius 2 is 0.893 bits per heavy atom. The SMILES string of the molecule is COc1cc(-c2ccc(N=N/C(=N/Nc3ccc([N+](=O)[O-])cc3)c3ccccc3)c(OC)c2)ccc1N=N/C(=N/Nc1ccc([N+](=O)[O-])cc1)c1ccccc1. The van der Waals surface area contributed by atoms with Crippen LogP contribution < -0.4 is 20.3 Å². The van der Waals surface area contributed by atoms with Crippen LogP contribution in [0.5, 0.6) is 11.5 Å². The Bertz CT molecular complexity index is 2270. The van der Waals surface area contributed by atoms with Gasteiger partial charge in [0.15, 0.2) is 0 Å². The summed E-state index contributed by atoms with van der Waals surface area (Å²) in [4.78, 5) is 21.1. The van der Waals surface area contributed by atoms with Gasteiger partial charge in [0, 0.05) is 35.4 Å². The second kappa shape index (κ2) is 18.1. The summed E-state index contributed by atoms with van der Waals surface area (Å²) in [6.07, 6.45) is 0. The van der Waals surface area contributed by atoms with Crippen LogP contribution >= 0.6 is 0 Å². The number of anilines is 2. The minimum atomic E-state index is -0.471. The smallest absolute Gasteiger partial charge is 0.269 e. The molecule has 2 N–H and O–H groups in total. The molecule has 0 saturated carbocycles. The van der Waals surface area contributed by atoms with Crippen molar-refractivity contribution in [2.45, 2.75) is 0 Å². The number of hydrogen-bond donors (Lipinski definition) is 2. The maximum atomic E-state index is 11.0. The van der Waals surface area contributed by atoms with Gasteiger partial charge in [-0.3, -0.25) is 31.1 Å². The van der Waals surface area contributed by atoms with E-state index in [4.69, 9.17) is 9.47 Å². The van der Waals surface area contributed by atoms with Gasteiger partial charge in [-0.1, -0.05) is 72.8 Å². The van der Waals surface area contributed by atoms with Crippen molar-refractivity contribution in [3.05, 3.63) is 177 Å². The largest absolute Gasteiger partial charge is 0.494 e. The number of nitro groups is 2. The van der Waals surface area contributed by atoms with Crippen molar-refractivity contribution in [2.75, 3.05) is 25.1 Å². The van der Waals surface area contributed by atoms with E-state index in [0.717, 1.165) is 11.1 Å². The molecule has 0 unspecified atom stereocenters. The van der Waals surface area contributed by atoms with Crippen LogP contribution in [0.2, 0.25) is 0 Å². The topological polar surface area (TPSA) is 203 Å². The van der Waals surface area contributed by atoms with Crippen molar-refractivity contribution < 1.29 is 19.3 Å². The summed E-state index contributed by atoms with van der Waals surface area (Å²) in [5.41, 5.74) is 10.7. The molecular weight excluding hydrogens is 717 g/mol. The van der Waals surface area contributed by atoms with E-state index in [-0.39, 0.29) is 23.0 Å². The number of amidine groups is 2. The maximum absolute atomic E-state index is 11.0. The summed E-state index contributed by atoms with van der Waals surface area (Å²) in [7, 11) is 3.07. The predicted molar refractivity (Wildman–Crippen MR) is 213 cm³/mol. The van der Waals surface area contributed by atoms with Crippen molar-refractivity contribution in [3.8, 4) is 22.6 Å². The van der Waals surface area contributed by atoms with Crippen LogP contribution in [0, 0.1) is 20.2 Å². The van der Waals surface area contributed by atoms with Crippen LogP contribution in [0.1, 0.15) is 11.1 Å². The second-order valence-electron chi connectivity index (χ2n) is 11.6. The number of nitro benzene ring substituents is 2. The molecule has 0 radical (unpaired) electrons. The van der Waals surface area contributed by atoms with Gasteiger partial charge in [-0.25, -0.2) is 0 Å². The van der Waals surface area contributed by atoms with Crippen LogP contribution in [0.3, 0.4) is 0 Å². The zero-order valence-corrected chi connectivity index (χ0v) is 29.9. The molecule has 6 rings (SSSR count). The van der Waals surface area contributed by atoms with Crippen LogP contribution in [0.15, 0.2) is 176 Å². The van der Waals surface area contributed by atoms with E-state index in [0.29, 0.717) is 45.4 Å². The van der Waals surface area contributed by atoms with Crippen molar-refractivity contribution in [2.24, 2.45) is 30.7 Å². The highest BCUT2D eigenvalue weighted by Gasteiger charge is 2.12. The Balaban J connectivity index is 1.23. The van der Waals surface area contributed by atoms with Crippen molar-refractivity contribution in [1.29, 1.82) is 0 Å². The molecule has 16 nitrogen and oxygen atoms in total. The molecule has 56 heavy (non-hydrogen) atoms. The van der Waals surface area contributed by atoms with Gasteiger partial charge < -0.3 is 9.47 Å². The maximum Gasteiger partial charge on any atom is 0.269 e. The number of nitrogens with one attached hydrogen (secondary N) is 2. The molecule has 0 amide bonds. The number of hydrazone groups is 2. The van der Waals surface area contributed by atoms with E-state index in [1.165, 1.54) is 38.5 Å². The summed E-state index contributed by atoms with van der Waals surface area (Å²) in [5.74, 6) is 1.45. The van der Waals surface area contributed by atoms with Crippen LogP contribution in [-0.2, 0) is 0 Å². The lowest BCUT2D eigenvalue weighted by atomic mass is 10.0. The molecule has 0 aliphatic carbocycles. The van der Waals surface area contributed by atoms with Crippen LogP contribution in [0.25, 0.3) is 11.1 Å². The highest BCUT2D eigenvalue weighted by molar-refractivity contribution is 6.00. The standard InChI is InChI=1S/C40H32N10O6/c1-55-37-25-29(13-23-35(37)43-47-39(27-9-5-3-6-10-27)45-41-31-15-19-33(20-16-31)49(51)52)30-14-24-36(38(26-30)56-2)44-48-40(28-11-7-4-8-12-28)46-42-32-17-21-34(22-18-32)50(53)54/h3-26,41-42H,1-2H3/b45-39+,46-40+,47-43?,48-44?. The first-order valence-corrected chi connectivity index (χ1v) is 16.8. The molecule has 278 valence electrons. The Morgan fingerprint density at radius 3 is 1.23 bits per heavy atom. The number of azo groups is 2. The second-order valence-corrected chi connectivity index (χ2v) is 11.6. The van der Waals surface area contributed by atoms with Gasteiger partial charge in [-0.15, -0.1) is 20.5 Å². The molecule has 0 aliphatic heterocycles. The van der Waals surface area contributed by atoms with Gasteiger partial charge in [0.05, 0.1) is 35.4 Å². The molecule has 0 spiro atoms. The van der Waals surface area contributed by atoms with Gasteiger partial charge in [0.2, 0.25) is 11.7 Å². The summed E-state index contributed by atoms with van der Waals surface area (Å²) >= 11 is 0. The van der Waals surface area contributed by atoms with E-state index in [1.807, 2.05) is 84.9 Å². The summed E-state index contributed by atoms with van der Waals surface area (Å²) in [6, 6.07) is 41.1. The fraction of sp³-hybridized carbons (Fsp3) is 0.0500. The van der Waals surface area contributed by atoms with E-state index >= 15 is 0 Å². The first kappa shape index (κ1) is 37.6. The minimum Gasteiger partial charge on any atom is -0.494 e. The number of ether oxygens (including phenoxy) is 2. The van der Waals surface area contributed by atoms with Gasteiger partial charge >= 0.3 is 0 Å². The van der Waals surface area contributed by atoms with Crippen molar-refractivity contribution >= 4 is 45.8 Å². The molecule has 6 aromatic rings. The molecule has 0 aromatic heterocycles. The molecule has 0 heterocycles. The van der Waals surface area contributed by atoms with E-state index in [1.54, 1.807) is 36.4 Å². The minimum absolute atomic E-state index is 0.0337. The van der Waals surface area contributed by atoms with Crippen LogP contribution in [-0.4, -0.2) is 35.7 Å². The molecule has 0 fully saturated rings. The van der Waals surface area contributed by atoms with Crippen molar-refractivity contribution in [3.63, 3.8) is 0 Å². The molecule has 6 aromatic carbocycles. The van der Waals surface area contributed by atoms with E-state index in [9.17, 15) is 20.2 Å². The van der Waals surface area contributed by atoms with Gasteiger partial charge in [0.25, 0.3) is 11.4 Å². The number of rotatable bonds is 13. The average Bonchev–Trinajstić information content (AvgIpc) is 3.24. The monoisotopic (exact) mass is 748 g/mol. The number of methoxy groups -OCH3 is 2. The number of hydrogen-bond acceptors (Lipinski definition) is 12. The predicted octanol–water partition coefficient (Wildman–Crippen LogP) is 10.3. The molecular formula is C40H32N10O6. The normalized spacial score (nSPS) is 11.8. The summed E-state index contributed by atoms with van der Waals surface area (Å²) in [6.45, 7) is 0.